The number of benzene rings is 1. The van der Waals surface area contributed by atoms with Crippen LogP contribution in [0.3, 0.4) is 0 Å². The molecule has 0 radical (unpaired) electrons. The number of furan rings is 1. The maximum Gasteiger partial charge on any atom is 0.287 e. The largest absolute Gasteiger partial charge is 0.455 e. The normalized spacial score (nSPS) is 24.7. The molecule has 7 nitrogen and oxygen atoms in total. The lowest BCUT2D eigenvalue weighted by atomic mass is 9.74. The van der Waals surface area contributed by atoms with E-state index < -0.39 is 11.9 Å². The maximum absolute atomic E-state index is 14.3. The van der Waals surface area contributed by atoms with Gasteiger partial charge in [-0.05, 0) is 81.3 Å². The lowest BCUT2D eigenvalue weighted by Gasteiger charge is -2.36. The van der Waals surface area contributed by atoms with Gasteiger partial charge < -0.3 is 20.4 Å². The van der Waals surface area contributed by atoms with Crippen molar-refractivity contribution < 1.29 is 23.2 Å². The highest BCUT2D eigenvalue weighted by molar-refractivity contribution is 6.42. The van der Waals surface area contributed by atoms with Gasteiger partial charge in [-0.25, -0.2) is 4.39 Å². The summed E-state index contributed by atoms with van der Waals surface area (Å²) in [6.07, 6.45) is 10.8. The average molecular weight is 564 g/mol. The zero-order valence-electron chi connectivity index (χ0n) is 21.1. The molecule has 3 aliphatic carbocycles. The Hall–Kier alpha value is -2.58. The molecular formula is C28H32Cl2FN3O4. The molecule has 6 rings (SSSR count). The van der Waals surface area contributed by atoms with Gasteiger partial charge in [0.1, 0.15) is 11.6 Å². The number of rotatable bonds is 6. The van der Waals surface area contributed by atoms with Crippen LogP contribution in [0.15, 0.2) is 22.6 Å². The van der Waals surface area contributed by atoms with Crippen LogP contribution < -0.4 is 16.0 Å². The number of nitrogens with one attached hydrogen (secondary N) is 3. The van der Waals surface area contributed by atoms with Crippen LogP contribution in [0.2, 0.25) is 10.0 Å². The number of amides is 3. The standard InChI is InChI=1S/C15H16Cl2FNO.C13H16N2O3/c16-10-1-2-11(18)12(13(10)17)14(19-8-20)15-5-3-9(7-15)4-6-15;16-12-9-7-11(13(17)15-8-3-1-4-8)18-10(9)5-2-6-14-12/h1-2,8-9,14H,3-7H2,(H,19,20);7-8H,1-6H2,(H,14,16)(H,15,17). The first-order chi connectivity index (χ1) is 18.3. The number of halogens is 3. The third-order valence-corrected chi connectivity index (χ3v) is 9.41. The Morgan fingerprint density at radius 1 is 1.18 bits per heavy atom. The van der Waals surface area contributed by atoms with Gasteiger partial charge in [0, 0.05) is 30.6 Å². The maximum atomic E-state index is 14.3. The lowest BCUT2D eigenvalue weighted by molar-refractivity contribution is -0.111. The summed E-state index contributed by atoms with van der Waals surface area (Å²) in [5.74, 6) is 0.831. The summed E-state index contributed by atoms with van der Waals surface area (Å²) in [6, 6.07) is 4.21. The van der Waals surface area contributed by atoms with Crippen molar-refractivity contribution in [3.8, 4) is 0 Å². The van der Waals surface area contributed by atoms with Crippen LogP contribution in [0.1, 0.15) is 96.1 Å². The van der Waals surface area contributed by atoms with E-state index in [2.05, 4.69) is 16.0 Å². The summed E-state index contributed by atoms with van der Waals surface area (Å²) < 4.78 is 19.8. The van der Waals surface area contributed by atoms with Crippen LogP contribution in [0.25, 0.3) is 0 Å². The van der Waals surface area contributed by atoms with E-state index >= 15 is 0 Å². The second kappa shape index (κ2) is 11.3. The third kappa shape index (κ3) is 5.30. The van der Waals surface area contributed by atoms with Crippen LogP contribution in [-0.4, -0.2) is 30.8 Å². The molecular weight excluding hydrogens is 532 g/mol. The predicted octanol–water partition coefficient (Wildman–Crippen LogP) is 5.74. The van der Waals surface area contributed by atoms with Crippen LogP contribution in [-0.2, 0) is 11.2 Å². The molecule has 38 heavy (non-hydrogen) atoms. The van der Waals surface area contributed by atoms with Gasteiger partial charge in [0.15, 0.2) is 5.76 Å². The predicted molar refractivity (Wildman–Crippen MR) is 142 cm³/mol. The summed E-state index contributed by atoms with van der Waals surface area (Å²) >= 11 is 12.2. The Morgan fingerprint density at radius 3 is 2.58 bits per heavy atom. The Kier molecular flexibility index (Phi) is 8.00. The molecule has 1 aromatic heterocycles. The van der Waals surface area contributed by atoms with Crippen LogP contribution in [0.5, 0.6) is 0 Å². The van der Waals surface area contributed by atoms with E-state index in [-0.39, 0.29) is 34.1 Å². The summed E-state index contributed by atoms with van der Waals surface area (Å²) in [6.45, 7) is 0.659. The van der Waals surface area contributed by atoms with Crippen molar-refractivity contribution in [1.29, 1.82) is 0 Å². The van der Waals surface area contributed by atoms with E-state index in [9.17, 15) is 18.8 Å². The molecule has 3 fully saturated rings. The molecule has 1 atom stereocenters. The average Bonchev–Trinajstić information content (AvgIpc) is 3.59. The quantitative estimate of drug-likeness (QED) is 0.308. The molecule has 0 saturated heterocycles. The van der Waals surface area contributed by atoms with E-state index in [0.717, 1.165) is 51.4 Å². The molecule has 1 aromatic carbocycles. The first-order valence-corrected chi connectivity index (χ1v) is 14.1. The molecule has 2 bridgehead atoms. The van der Waals surface area contributed by atoms with Crippen molar-refractivity contribution >= 4 is 41.4 Å². The SMILES string of the molecule is O=C(NC1CCC1)c1cc2c(o1)CCCNC2=O.O=CNC(c1c(F)ccc(Cl)c1Cl)C12CCC(CC1)C2. The second-order valence-corrected chi connectivity index (χ2v) is 11.7. The number of carbonyl (C=O) groups excluding carboxylic acids is 3. The van der Waals surface area contributed by atoms with Gasteiger partial charge in [-0.15, -0.1) is 0 Å². The monoisotopic (exact) mass is 563 g/mol. The molecule has 3 N–H and O–H groups in total. The van der Waals surface area contributed by atoms with Gasteiger partial charge >= 0.3 is 0 Å². The number of aryl methyl sites for hydroxylation is 1. The lowest BCUT2D eigenvalue weighted by Crippen LogP contribution is -2.39. The second-order valence-electron chi connectivity index (χ2n) is 10.9. The van der Waals surface area contributed by atoms with Crippen LogP contribution >= 0.6 is 23.2 Å². The molecule has 3 saturated carbocycles. The van der Waals surface area contributed by atoms with E-state index in [1.807, 2.05) is 0 Å². The highest BCUT2D eigenvalue weighted by Crippen LogP contribution is 2.60. The van der Waals surface area contributed by atoms with Gasteiger partial charge in [0.25, 0.3) is 11.8 Å². The summed E-state index contributed by atoms with van der Waals surface area (Å²) in [7, 11) is 0. The Morgan fingerprint density at radius 2 is 1.95 bits per heavy atom. The van der Waals surface area contributed by atoms with Gasteiger partial charge in [-0.2, -0.15) is 0 Å². The topological polar surface area (TPSA) is 100 Å². The zero-order chi connectivity index (χ0) is 26.9. The fraction of sp³-hybridized carbons (Fsp3) is 0.536. The molecule has 1 aliphatic heterocycles. The molecule has 204 valence electrons. The smallest absolute Gasteiger partial charge is 0.287 e. The van der Waals surface area contributed by atoms with Crippen molar-refractivity contribution in [2.24, 2.45) is 11.3 Å². The van der Waals surface area contributed by atoms with Crippen molar-refractivity contribution in [1.82, 2.24) is 16.0 Å². The van der Waals surface area contributed by atoms with Crippen molar-refractivity contribution in [3.05, 3.63) is 56.7 Å². The van der Waals surface area contributed by atoms with Gasteiger partial charge in [0.05, 0.1) is 21.7 Å². The Bertz CT molecular complexity index is 1220. The molecule has 1 unspecified atom stereocenters. The fourth-order valence-electron chi connectivity index (χ4n) is 6.36. The van der Waals surface area contributed by atoms with E-state index in [0.29, 0.717) is 47.2 Å². The Labute approximate surface area is 231 Å². The Balaban J connectivity index is 0.000000156. The van der Waals surface area contributed by atoms with Crippen LogP contribution in [0, 0.1) is 17.2 Å². The van der Waals surface area contributed by atoms with Crippen molar-refractivity contribution in [3.63, 3.8) is 0 Å². The summed E-state index contributed by atoms with van der Waals surface area (Å²) in [4.78, 5) is 34.7. The molecule has 0 spiro atoms. The molecule has 10 heteroatoms. The van der Waals surface area contributed by atoms with Crippen molar-refractivity contribution in [2.75, 3.05) is 6.54 Å². The van der Waals surface area contributed by atoms with Gasteiger partial charge in [0.2, 0.25) is 6.41 Å². The third-order valence-electron chi connectivity index (χ3n) is 8.60. The van der Waals surface area contributed by atoms with E-state index in [1.165, 1.54) is 18.6 Å². The van der Waals surface area contributed by atoms with Gasteiger partial charge in [-0.3, -0.25) is 14.4 Å². The van der Waals surface area contributed by atoms with E-state index in [1.54, 1.807) is 6.07 Å². The highest BCUT2D eigenvalue weighted by Gasteiger charge is 2.51. The molecule has 3 amide bonds. The number of hydrogen-bond donors (Lipinski definition) is 3. The van der Waals surface area contributed by atoms with E-state index in [4.69, 9.17) is 27.6 Å². The van der Waals surface area contributed by atoms with Crippen molar-refractivity contribution in [2.45, 2.75) is 76.3 Å². The number of hydrogen-bond acceptors (Lipinski definition) is 4. The minimum atomic E-state index is -0.400. The first kappa shape index (κ1) is 27.0. The minimum absolute atomic E-state index is 0.0687. The molecule has 2 aromatic rings. The highest BCUT2D eigenvalue weighted by atomic mass is 35.5. The zero-order valence-corrected chi connectivity index (χ0v) is 22.6. The molecule has 4 aliphatic rings. The molecule has 2 heterocycles. The summed E-state index contributed by atoms with van der Waals surface area (Å²) in [5, 5.41) is 9.04. The number of fused-ring (bicyclic) bond motifs is 3. The number of carbonyl (C=O) groups is 3. The fourth-order valence-corrected chi connectivity index (χ4v) is 6.78. The van der Waals surface area contributed by atoms with Crippen LogP contribution in [0.4, 0.5) is 4.39 Å². The minimum Gasteiger partial charge on any atom is -0.455 e. The summed E-state index contributed by atoms with van der Waals surface area (Å²) in [5.41, 5.74) is 0.779. The first-order valence-electron chi connectivity index (χ1n) is 13.4. The van der Waals surface area contributed by atoms with Gasteiger partial charge in [-0.1, -0.05) is 23.2 Å².